The van der Waals surface area contributed by atoms with Crippen LogP contribution in [0.4, 0.5) is 10.1 Å². The Morgan fingerprint density at radius 2 is 2.09 bits per heavy atom. The summed E-state index contributed by atoms with van der Waals surface area (Å²) in [6.07, 6.45) is 1.02. The summed E-state index contributed by atoms with van der Waals surface area (Å²) in [6, 6.07) is 7.15. The summed E-state index contributed by atoms with van der Waals surface area (Å²) >= 11 is 12.8. The van der Waals surface area contributed by atoms with Crippen LogP contribution in [0, 0.1) is 5.82 Å². The Hall–Kier alpha value is -1.89. The van der Waals surface area contributed by atoms with Crippen LogP contribution < -0.4 is 0 Å². The van der Waals surface area contributed by atoms with Crippen LogP contribution in [-0.4, -0.2) is 24.4 Å². The fraction of sp³-hybridized carbons (Fsp3) is 0.0667. The molecule has 0 bridgehead atoms. The quantitative estimate of drug-likeness (QED) is 0.353. The average molecular weight is 374 g/mol. The highest BCUT2D eigenvalue weighted by Gasteiger charge is 2.19. The molecule has 2 aromatic rings. The number of benzene rings is 1. The lowest BCUT2D eigenvalue weighted by atomic mass is 10.1. The molecule has 0 saturated heterocycles. The van der Waals surface area contributed by atoms with Gasteiger partial charge in [0.25, 0.3) is 0 Å². The van der Waals surface area contributed by atoms with Gasteiger partial charge >= 0.3 is 5.97 Å². The van der Waals surface area contributed by atoms with Gasteiger partial charge in [-0.3, -0.25) is 4.99 Å². The second-order valence-electron chi connectivity index (χ2n) is 4.20. The van der Waals surface area contributed by atoms with Crippen LogP contribution in [0.3, 0.4) is 0 Å². The Morgan fingerprint density at radius 3 is 2.65 bits per heavy atom. The molecule has 120 valence electrons. The molecule has 1 N–H and O–H groups in total. The molecule has 0 atom stereocenters. The molecule has 4 nitrogen and oxygen atoms in total. The molecular formula is C15H10Cl2FNO3S. The first-order valence-corrected chi connectivity index (χ1v) is 7.76. The summed E-state index contributed by atoms with van der Waals surface area (Å²) in [7, 11) is 1.15. The van der Waals surface area contributed by atoms with Gasteiger partial charge in [-0.05, 0) is 18.2 Å². The van der Waals surface area contributed by atoms with Crippen molar-refractivity contribution in [1.82, 2.24) is 0 Å². The van der Waals surface area contributed by atoms with Gasteiger partial charge in [0, 0.05) is 11.8 Å². The smallest absolute Gasteiger partial charge is 0.343 e. The number of carbonyl (C=O) groups is 1. The van der Waals surface area contributed by atoms with E-state index in [2.05, 4.69) is 9.73 Å². The van der Waals surface area contributed by atoms with Gasteiger partial charge in [-0.15, -0.1) is 11.3 Å². The van der Waals surface area contributed by atoms with Gasteiger partial charge in [0.1, 0.15) is 21.5 Å². The van der Waals surface area contributed by atoms with Gasteiger partial charge in [0.2, 0.25) is 0 Å². The molecule has 0 spiro atoms. The second kappa shape index (κ2) is 7.59. The number of aliphatic hydroxyl groups is 1. The number of carbonyl (C=O) groups excluding carboxylic acids is 1. The van der Waals surface area contributed by atoms with E-state index in [0.29, 0.717) is 4.34 Å². The van der Waals surface area contributed by atoms with Crippen molar-refractivity contribution in [3.63, 3.8) is 0 Å². The number of nitrogens with zero attached hydrogens (tertiary/aromatic N) is 1. The van der Waals surface area contributed by atoms with E-state index in [0.717, 1.165) is 24.7 Å². The highest BCUT2D eigenvalue weighted by molar-refractivity contribution is 7.20. The summed E-state index contributed by atoms with van der Waals surface area (Å²) in [4.78, 5) is 15.7. The molecule has 0 aliphatic heterocycles. The Kier molecular flexibility index (Phi) is 5.76. The third-order valence-electron chi connectivity index (χ3n) is 2.76. The van der Waals surface area contributed by atoms with E-state index in [1.165, 1.54) is 24.3 Å². The molecule has 0 fully saturated rings. The molecule has 8 heteroatoms. The van der Waals surface area contributed by atoms with Gasteiger partial charge in [0.15, 0.2) is 0 Å². The minimum atomic E-state index is -0.846. The Labute approximate surface area is 145 Å². The molecule has 1 aromatic heterocycles. The SMILES string of the molecule is COC(=O)/C(C=Nc1ccccc1F)=C(\O)c1cc(Cl)sc1Cl. The number of aliphatic hydroxyl groups excluding tert-OH is 1. The largest absolute Gasteiger partial charge is 0.506 e. The van der Waals surface area contributed by atoms with Crippen LogP contribution in [-0.2, 0) is 9.53 Å². The van der Waals surface area contributed by atoms with Crippen molar-refractivity contribution < 1.29 is 19.0 Å². The average Bonchev–Trinajstić information content (AvgIpc) is 2.87. The lowest BCUT2D eigenvalue weighted by Gasteiger charge is -2.04. The fourth-order valence-corrected chi connectivity index (χ4v) is 3.12. The molecule has 0 amide bonds. The van der Waals surface area contributed by atoms with Crippen molar-refractivity contribution in [1.29, 1.82) is 0 Å². The Bertz CT molecular complexity index is 802. The van der Waals surface area contributed by atoms with E-state index in [9.17, 15) is 14.3 Å². The number of rotatable bonds is 4. The molecule has 0 radical (unpaired) electrons. The standard InChI is InChI=1S/C15H10Cl2FNO3S/c1-22-15(21)9(7-19-11-5-3-2-4-10(11)18)13(20)8-6-12(16)23-14(8)17/h2-7,20H,1H3/b13-9-,19-7?. The molecular weight excluding hydrogens is 364 g/mol. The monoisotopic (exact) mass is 373 g/mol. The maximum atomic E-state index is 13.6. The van der Waals surface area contributed by atoms with Gasteiger partial charge in [-0.2, -0.15) is 0 Å². The zero-order valence-electron chi connectivity index (χ0n) is 11.7. The molecule has 1 heterocycles. The Morgan fingerprint density at radius 1 is 1.39 bits per heavy atom. The van der Waals surface area contributed by atoms with E-state index in [4.69, 9.17) is 23.2 Å². The van der Waals surface area contributed by atoms with E-state index in [1.807, 2.05) is 0 Å². The minimum Gasteiger partial charge on any atom is -0.506 e. The molecule has 0 aliphatic carbocycles. The van der Waals surface area contributed by atoms with Gasteiger partial charge < -0.3 is 9.84 Å². The van der Waals surface area contributed by atoms with Crippen molar-refractivity contribution in [2.45, 2.75) is 0 Å². The first-order valence-electron chi connectivity index (χ1n) is 6.19. The van der Waals surface area contributed by atoms with Crippen molar-refractivity contribution in [2.24, 2.45) is 4.99 Å². The van der Waals surface area contributed by atoms with E-state index >= 15 is 0 Å². The maximum Gasteiger partial charge on any atom is 0.343 e. The first kappa shape index (κ1) is 17.5. The number of esters is 1. The summed E-state index contributed by atoms with van der Waals surface area (Å²) < 4.78 is 18.7. The van der Waals surface area contributed by atoms with Gasteiger partial charge in [-0.25, -0.2) is 9.18 Å². The van der Waals surface area contributed by atoms with Crippen LogP contribution in [0.5, 0.6) is 0 Å². The highest BCUT2D eigenvalue weighted by Crippen LogP contribution is 2.35. The van der Waals surface area contributed by atoms with Gasteiger partial charge in [-0.1, -0.05) is 35.3 Å². The van der Waals surface area contributed by atoms with Crippen LogP contribution in [0.25, 0.3) is 5.76 Å². The normalized spacial score (nSPS) is 12.3. The van der Waals surface area contributed by atoms with E-state index < -0.39 is 17.5 Å². The molecule has 1 aromatic carbocycles. The highest BCUT2D eigenvalue weighted by atomic mass is 35.5. The second-order valence-corrected chi connectivity index (χ2v) is 6.49. The van der Waals surface area contributed by atoms with Crippen LogP contribution in [0.15, 0.2) is 40.9 Å². The summed E-state index contributed by atoms with van der Waals surface area (Å²) in [5, 5.41) is 10.3. The number of halogens is 3. The van der Waals surface area contributed by atoms with E-state index in [-0.39, 0.29) is 21.2 Å². The van der Waals surface area contributed by atoms with Gasteiger partial charge in [0.05, 0.1) is 17.1 Å². The van der Waals surface area contributed by atoms with Crippen molar-refractivity contribution in [2.75, 3.05) is 7.11 Å². The maximum absolute atomic E-state index is 13.6. The number of hydrogen-bond acceptors (Lipinski definition) is 5. The molecule has 0 saturated carbocycles. The third-order valence-corrected chi connectivity index (χ3v) is 4.25. The Balaban J connectivity index is 2.49. The summed E-state index contributed by atoms with van der Waals surface area (Å²) in [5.74, 6) is -1.87. The van der Waals surface area contributed by atoms with Crippen LogP contribution in [0.2, 0.25) is 8.67 Å². The predicted octanol–water partition coefficient (Wildman–Crippen LogP) is 5.04. The first-order chi connectivity index (χ1) is 10.9. The molecule has 23 heavy (non-hydrogen) atoms. The number of thiophene rings is 1. The van der Waals surface area contributed by atoms with Crippen molar-refractivity contribution >= 4 is 58.2 Å². The van der Waals surface area contributed by atoms with E-state index in [1.54, 1.807) is 6.07 Å². The predicted molar refractivity (Wildman–Crippen MR) is 90.5 cm³/mol. The summed E-state index contributed by atoms with van der Waals surface area (Å²) in [6.45, 7) is 0. The lowest BCUT2D eigenvalue weighted by Crippen LogP contribution is -2.09. The number of ether oxygens (including phenoxy) is 1. The van der Waals surface area contributed by atoms with Crippen molar-refractivity contribution in [3.05, 3.63) is 56.0 Å². The number of hydrogen-bond donors (Lipinski definition) is 1. The molecule has 2 rings (SSSR count). The van der Waals surface area contributed by atoms with Crippen LogP contribution in [0.1, 0.15) is 5.56 Å². The molecule has 0 aliphatic rings. The number of para-hydroxylation sites is 1. The third kappa shape index (κ3) is 4.10. The fourth-order valence-electron chi connectivity index (χ4n) is 1.66. The summed E-state index contributed by atoms with van der Waals surface area (Å²) in [5.41, 5.74) is -0.0923. The zero-order chi connectivity index (χ0) is 17.0. The number of aliphatic imine (C=N–C) groups is 1. The lowest BCUT2D eigenvalue weighted by molar-refractivity contribution is -0.135. The topological polar surface area (TPSA) is 58.9 Å². The number of methoxy groups -OCH3 is 1. The van der Waals surface area contributed by atoms with Crippen LogP contribution >= 0.6 is 34.5 Å². The molecule has 0 unspecified atom stereocenters. The minimum absolute atomic E-state index is 0.0103. The zero-order valence-corrected chi connectivity index (χ0v) is 14.0. The van der Waals surface area contributed by atoms with Crippen molar-refractivity contribution in [3.8, 4) is 0 Å².